The predicted octanol–water partition coefficient (Wildman–Crippen LogP) is 1.96. The number of carbonyl (C=O) groups is 1. The molecule has 1 N–H and O–H groups in total. The first-order valence-electron chi connectivity index (χ1n) is 5.57. The van der Waals surface area contributed by atoms with Gasteiger partial charge in [0, 0.05) is 12.1 Å². The first-order chi connectivity index (χ1) is 8.20. The number of hydrogen-bond acceptors (Lipinski definition) is 3. The van der Waals surface area contributed by atoms with E-state index in [0.29, 0.717) is 6.61 Å². The molecule has 0 aliphatic carbocycles. The van der Waals surface area contributed by atoms with E-state index in [1.165, 1.54) is 18.2 Å². The first-order valence-corrected chi connectivity index (χ1v) is 5.57. The third kappa shape index (κ3) is 3.14. The van der Waals surface area contributed by atoms with Crippen LogP contribution < -0.4 is 5.32 Å². The molecule has 3 nitrogen and oxygen atoms in total. The maximum absolute atomic E-state index is 12.7. The van der Waals surface area contributed by atoms with Crippen LogP contribution in [-0.2, 0) is 9.53 Å². The number of rotatable bonds is 4. The van der Waals surface area contributed by atoms with Crippen LogP contribution in [0.25, 0.3) is 0 Å². The molecule has 90 valence electrons. The van der Waals surface area contributed by atoms with E-state index in [0.717, 1.165) is 5.56 Å². The van der Waals surface area contributed by atoms with Crippen molar-refractivity contribution >= 4 is 5.97 Å². The summed E-state index contributed by atoms with van der Waals surface area (Å²) in [6.07, 6.45) is 3.19. The third-order valence-corrected chi connectivity index (χ3v) is 2.58. The van der Waals surface area contributed by atoms with Gasteiger partial charge in [-0.1, -0.05) is 18.2 Å². The maximum atomic E-state index is 12.7. The summed E-state index contributed by atoms with van der Waals surface area (Å²) < 4.78 is 17.5. The Bertz CT molecular complexity index is 428. The minimum absolute atomic E-state index is 0.130. The Kier molecular flexibility index (Phi) is 3.54. The van der Waals surface area contributed by atoms with E-state index in [1.54, 1.807) is 25.1 Å². The Labute approximate surface area is 99.3 Å². The fourth-order valence-electron chi connectivity index (χ4n) is 1.66. The lowest BCUT2D eigenvalue weighted by molar-refractivity contribution is -0.137. The van der Waals surface area contributed by atoms with Crippen LogP contribution >= 0.6 is 0 Å². The van der Waals surface area contributed by atoms with Crippen molar-refractivity contribution in [3.8, 4) is 0 Å². The standard InChI is InChI=1S/C13H14FNO2/c1-2-17-12(16)8-7-11-13(15-11)9-3-5-10(14)6-4-9/h3-8,11,13,15H,2H2,1H3/b8-7+/t11-,13-/m1/s1. The second kappa shape index (κ2) is 5.10. The van der Waals surface area contributed by atoms with Crippen LogP contribution in [0.3, 0.4) is 0 Å². The molecule has 0 amide bonds. The molecule has 1 aromatic carbocycles. The van der Waals surface area contributed by atoms with Crippen molar-refractivity contribution in [2.24, 2.45) is 0 Å². The Morgan fingerprint density at radius 1 is 1.47 bits per heavy atom. The van der Waals surface area contributed by atoms with Crippen LogP contribution in [0.4, 0.5) is 4.39 Å². The fraction of sp³-hybridized carbons (Fsp3) is 0.308. The Morgan fingerprint density at radius 2 is 2.18 bits per heavy atom. The fourth-order valence-corrected chi connectivity index (χ4v) is 1.66. The highest BCUT2D eigenvalue weighted by Crippen LogP contribution is 2.30. The number of carbonyl (C=O) groups excluding carboxylic acids is 1. The van der Waals surface area contributed by atoms with Crippen molar-refractivity contribution < 1.29 is 13.9 Å². The Morgan fingerprint density at radius 3 is 2.82 bits per heavy atom. The maximum Gasteiger partial charge on any atom is 0.330 e. The van der Waals surface area contributed by atoms with E-state index in [1.807, 2.05) is 0 Å². The molecule has 2 rings (SSSR count). The van der Waals surface area contributed by atoms with E-state index in [2.05, 4.69) is 5.32 Å². The molecular weight excluding hydrogens is 221 g/mol. The van der Waals surface area contributed by atoms with Gasteiger partial charge in [-0.25, -0.2) is 9.18 Å². The molecule has 0 bridgehead atoms. The normalized spacial score (nSPS) is 22.7. The van der Waals surface area contributed by atoms with Crippen LogP contribution in [0.1, 0.15) is 18.5 Å². The summed E-state index contributed by atoms with van der Waals surface area (Å²) >= 11 is 0. The molecule has 1 aromatic rings. The number of benzene rings is 1. The van der Waals surface area contributed by atoms with Gasteiger partial charge in [-0.2, -0.15) is 0 Å². The highest BCUT2D eigenvalue weighted by Gasteiger charge is 2.35. The van der Waals surface area contributed by atoms with E-state index in [-0.39, 0.29) is 23.9 Å². The van der Waals surface area contributed by atoms with Gasteiger partial charge in [-0.05, 0) is 24.6 Å². The summed E-state index contributed by atoms with van der Waals surface area (Å²) in [6.45, 7) is 2.14. The molecule has 1 fully saturated rings. The number of hydrogen-bond donors (Lipinski definition) is 1. The minimum atomic E-state index is -0.334. The summed E-state index contributed by atoms with van der Waals surface area (Å²) in [6, 6.07) is 6.64. The van der Waals surface area contributed by atoms with Gasteiger partial charge >= 0.3 is 5.97 Å². The van der Waals surface area contributed by atoms with E-state index in [4.69, 9.17) is 4.74 Å². The molecule has 0 aromatic heterocycles. The molecule has 1 aliphatic rings. The highest BCUT2D eigenvalue weighted by molar-refractivity contribution is 5.82. The van der Waals surface area contributed by atoms with E-state index in [9.17, 15) is 9.18 Å². The summed E-state index contributed by atoms with van der Waals surface area (Å²) in [4.78, 5) is 11.1. The molecule has 1 heterocycles. The van der Waals surface area contributed by atoms with Crippen LogP contribution in [0.2, 0.25) is 0 Å². The summed E-state index contributed by atoms with van der Waals surface area (Å²) in [7, 11) is 0. The van der Waals surface area contributed by atoms with E-state index < -0.39 is 0 Å². The SMILES string of the molecule is CCOC(=O)/C=C/[C@H]1N[C@@H]1c1ccc(F)cc1. The molecule has 0 unspecified atom stereocenters. The molecule has 1 aliphatic heterocycles. The van der Waals surface area contributed by atoms with Crippen LogP contribution in [-0.4, -0.2) is 18.6 Å². The first kappa shape index (κ1) is 11.8. The highest BCUT2D eigenvalue weighted by atomic mass is 19.1. The minimum Gasteiger partial charge on any atom is -0.463 e. The van der Waals surface area contributed by atoms with Crippen molar-refractivity contribution in [1.82, 2.24) is 5.32 Å². The average Bonchev–Trinajstić information content (AvgIpc) is 3.07. The van der Waals surface area contributed by atoms with Gasteiger partial charge in [0.25, 0.3) is 0 Å². The zero-order valence-electron chi connectivity index (χ0n) is 9.52. The third-order valence-electron chi connectivity index (χ3n) is 2.58. The van der Waals surface area contributed by atoms with Gasteiger partial charge in [0.15, 0.2) is 0 Å². The number of esters is 1. The van der Waals surface area contributed by atoms with E-state index >= 15 is 0 Å². The van der Waals surface area contributed by atoms with Crippen molar-refractivity contribution in [3.05, 3.63) is 47.8 Å². The van der Waals surface area contributed by atoms with Crippen molar-refractivity contribution in [2.75, 3.05) is 6.61 Å². The quantitative estimate of drug-likeness (QED) is 0.493. The van der Waals surface area contributed by atoms with Crippen molar-refractivity contribution in [2.45, 2.75) is 19.0 Å². The van der Waals surface area contributed by atoms with Crippen LogP contribution in [0.15, 0.2) is 36.4 Å². The lowest BCUT2D eigenvalue weighted by atomic mass is 10.1. The zero-order chi connectivity index (χ0) is 12.3. The molecule has 2 atom stereocenters. The Balaban J connectivity index is 1.88. The summed E-state index contributed by atoms with van der Waals surface area (Å²) in [5, 5.41) is 3.18. The van der Waals surface area contributed by atoms with Crippen LogP contribution in [0.5, 0.6) is 0 Å². The zero-order valence-corrected chi connectivity index (χ0v) is 9.52. The molecule has 1 saturated heterocycles. The van der Waals surface area contributed by atoms with Gasteiger partial charge in [0.2, 0.25) is 0 Å². The molecule has 4 heteroatoms. The van der Waals surface area contributed by atoms with Gasteiger partial charge in [-0.3, -0.25) is 0 Å². The van der Waals surface area contributed by atoms with Gasteiger partial charge in [0.05, 0.1) is 12.6 Å². The molecule has 17 heavy (non-hydrogen) atoms. The van der Waals surface area contributed by atoms with Gasteiger partial charge in [-0.15, -0.1) is 0 Å². The molecule has 0 radical (unpaired) electrons. The van der Waals surface area contributed by atoms with Gasteiger partial charge < -0.3 is 10.1 Å². The second-order valence-corrected chi connectivity index (χ2v) is 3.83. The smallest absolute Gasteiger partial charge is 0.330 e. The molecular formula is C13H14FNO2. The monoisotopic (exact) mass is 235 g/mol. The lowest BCUT2D eigenvalue weighted by Crippen LogP contribution is -1.99. The molecule has 0 spiro atoms. The van der Waals surface area contributed by atoms with Crippen molar-refractivity contribution in [1.29, 1.82) is 0 Å². The average molecular weight is 235 g/mol. The summed E-state index contributed by atoms with van der Waals surface area (Å²) in [5.41, 5.74) is 1.02. The molecule has 0 saturated carbocycles. The second-order valence-electron chi connectivity index (χ2n) is 3.83. The predicted molar refractivity (Wildman–Crippen MR) is 61.8 cm³/mol. The Hall–Kier alpha value is -1.68. The number of nitrogens with one attached hydrogen (secondary N) is 1. The topological polar surface area (TPSA) is 48.2 Å². The van der Waals surface area contributed by atoms with Crippen molar-refractivity contribution in [3.63, 3.8) is 0 Å². The van der Waals surface area contributed by atoms with Gasteiger partial charge in [0.1, 0.15) is 5.82 Å². The lowest BCUT2D eigenvalue weighted by Gasteiger charge is -1.96. The van der Waals surface area contributed by atoms with Crippen LogP contribution in [0, 0.1) is 5.82 Å². The summed E-state index contributed by atoms with van der Waals surface area (Å²) in [5.74, 6) is -0.577. The number of halogens is 1. The largest absolute Gasteiger partial charge is 0.463 e. The number of ether oxygens (including phenoxy) is 1.